The van der Waals surface area contributed by atoms with Gasteiger partial charge in [-0.1, -0.05) is 182 Å². The number of hydrogen-bond donors (Lipinski definition) is 0. The molecule has 0 fully saturated rings. The summed E-state index contributed by atoms with van der Waals surface area (Å²) in [6, 6.07) is 45.3. The first-order valence-electron chi connectivity index (χ1n) is 17.4. The van der Waals surface area contributed by atoms with E-state index in [0.29, 0.717) is 17.5 Å². The van der Waals surface area contributed by atoms with E-state index in [4.69, 9.17) is 15.0 Å². The zero-order chi connectivity index (χ0) is 33.7. The van der Waals surface area contributed by atoms with Gasteiger partial charge in [-0.05, 0) is 57.1 Å². The zero-order valence-corrected chi connectivity index (χ0v) is 29.3. The maximum atomic E-state index is 4.99. The molecule has 0 aliphatic carbocycles. The first-order chi connectivity index (χ1) is 23.2. The normalized spacial score (nSPS) is 11.9. The van der Waals surface area contributed by atoms with E-state index >= 15 is 0 Å². The third-order valence-electron chi connectivity index (χ3n) is 9.70. The number of benzene rings is 5. The van der Waals surface area contributed by atoms with Crippen LogP contribution in [0.25, 0.3) is 56.4 Å². The minimum atomic E-state index is 0.182. The van der Waals surface area contributed by atoms with Crippen molar-refractivity contribution in [3.8, 4) is 56.4 Å². The summed E-state index contributed by atoms with van der Waals surface area (Å²) in [5.74, 6) is 1.99. The minimum absolute atomic E-state index is 0.182. The second-order valence-electron chi connectivity index (χ2n) is 14.2. The summed E-state index contributed by atoms with van der Waals surface area (Å²) in [5, 5.41) is 0. The van der Waals surface area contributed by atoms with Gasteiger partial charge in [-0.3, -0.25) is 0 Å². The third kappa shape index (κ3) is 7.31. The molecule has 0 radical (unpaired) electrons. The molecule has 1 heterocycles. The SMILES string of the molecule is CCCC(C)(C)c1ccc(-c2ccc(-c3nc(-c4ccccc4)nc(-c4ccc(-c5ccc(C(C)(C)CCC)cc5)cc4)n3)cc2)cc1. The van der Waals surface area contributed by atoms with Gasteiger partial charge in [0.25, 0.3) is 0 Å². The third-order valence-corrected chi connectivity index (χ3v) is 9.70. The van der Waals surface area contributed by atoms with E-state index in [9.17, 15) is 0 Å². The maximum Gasteiger partial charge on any atom is 0.164 e. The summed E-state index contributed by atoms with van der Waals surface area (Å²) in [5.41, 5.74) is 10.8. The van der Waals surface area contributed by atoms with Crippen molar-refractivity contribution in [1.29, 1.82) is 0 Å². The summed E-state index contributed by atoms with van der Waals surface area (Å²) >= 11 is 0. The average molecular weight is 630 g/mol. The van der Waals surface area contributed by atoms with Crippen LogP contribution >= 0.6 is 0 Å². The van der Waals surface area contributed by atoms with Gasteiger partial charge < -0.3 is 0 Å². The Labute approximate surface area is 287 Å². The van der Waals surface area contributed by atoms with Gasteiger partial charge >= 0.3 is 0 Å². The number of hydrogen-bond acceptors (Lipinski definition) is 3. The molecule has 6 rings (SSSR count). The van der Waals surface area contributed by atoms with Gasteiger partial charge in [-0.2, -0.15) is 0 Å². The van der Waals surface area contributed by atoms with E-state index in [1.165, 1.54) is 59.1 Å². The first kappa shape index (κ1) is 33.0. The van der Waals surface area contributed by atoms with E-state index in [1.54, 1.807) is 0 Å². The highest BCUT2D eigenvalue weighted by molar-refractivity contribution is 5.72. The van der Waals surface area contributed by atoms with E-state index in [1.807, 2.05) is 30.3 Å². The summed E-state index contributed by atoms with van der Waals surface area (Å²) in [6.45, 7) is 13.8. The van der Waals surface area contributed by atoms with Gasteiger partial charge in [0, 0.05) is 16.7 Å². The van der Waals surface area contributed by atoms with E-state index in [-0.39, 0.29) is 10.8 Å². The summed E-state index contributed by atoms with van der Waals surface area (Å²) in [6.07, 6.45) is 4.71. The molecule has 0 aliphatic heterocycles. The zero-order valence-electron chi connectivity index (χ0n) is 29.3. The largest absolute Gasteiger partial charge is 0.208 e. The molecule has 0 atom stereocenters. The van der Waals surface area contributed by atoms with Crippen molar-refractivity contribution >= 4 is 0 Å². The van der Waals surface area contributed by atoms with Gasteiger partial charge in [-0.15, -0.1) is 0 Å². The molecule has 242 valence electrons. The molecule has 5 aromatic carbocycles. The summed E-state index contributed by atoms with van der Waals surface area (Å²) in [7, 11) is 0. The second-order valence-corrected chi connectivity index (χ2v) is 14.2. The van der Waals surface area contributed by atoms with Crippen molar-refractivity contribution in [1.82, 2.24) is 15.0 Å². The maximum absolute atomic E-state index is 4.99. The van der Waals surface area contributed by atoms with E-state index in [0.717, 1.165) is 16.7 Å². The number of aromatic nitrogens is 3. The van der Waals surface area contributed by atoms with Crippen LogP contribution in [0.4, 0.5) is 0 Å². The van der Waals surface area contributed by atoms with Crippen molar-refractivity contribution in [2.75, 3.05) is 0 Å². The van der Waals surface area contributed by atoms with Crippen LogP contribution in [0, 0.1) is 0 Å². The van der Waals surface area contributed by atoms with Crippen LogP contribution in [-0.2, 0) is 10.8 Å². The molecule has 0 saturated carbocycles. The van der Waals surface area contributed by atoms with Gasteiger partial charge in [0.1, 0.15) is 0 Å². The molecule has 6 aromatic rings. The van der Waals surface area contributed by atoms with Crippen LogP contribution in [0.2, 0.25) is 0 Å². The second kappa shape index (κ2) is 14.1. The fourth-order valence-corrected chi connectivity index (χ4v) is 6.74. The van der Waals surface area contributed by atoms with Crippen LogP contribution in [0.5, 0.6) is 0 Å². The summed E-state index contributed by atoms with van der Waals surface area (Å²) in [4.78, 5) is 14.9. The molecule has 1 aromatic heterocycles. The highest BCUT2D eigenvalue weighted by Crippen LogP contribution is 2.33. The molecule has 48 heavy (non-hydrogen) atoms. The quantitative estimate of drug-likeness (QED) is 0.143. The molecule has 0 saturated heterocycles. The van der Waals surface area contributed by atoms with Crippen LogP contribution in [0.1, 0.15) is 78.4 Å². The Kier molecular flexibility index (Phi) is 9.68. The molecule has 0 unspecified atom stereocenters. The molecular weight excluding hydrogens is 583 g/mol. The van der Waals surface area contributed by atoms with Crippen LogP contribution in [0.15, 0.2) is 127 Å². The molecule has 0 spiro atoms. The predicted octanol–water partition coefficient (Wildman–Crippen LogP) is 12.4. The molecule has 0 amide bonds. The van der Waals surface area contributed by atoms with Crippen LogP contribution in [0.3, 0.4) is 0 Å². The lowest BCUT2D eigenvalue weighted by Gasteiger charge is -2.25. The number of nitrogens with zero attached hydrogens (tertiary/aromatic N) is 3. The van der Waals surface area contributed by atoms with E-state index in [2.05, 4.69) is 139 Å². The first-order valence-corrected chi connectivity index (χ1v) is 17.4. The Balaban J connectivity index is 1.29. The molecule has 0 aliphatic rings. The fraction of sp³-hybridized carbons (Fsp3) is 0.267. The minimum Gasteiger partial charge on any atom is -0.208 e. The topological polar surface area (TPSA) is 38.7 Å². The van der Waals surface area contributed by atoms with Crippen molar-refractivity contribution in [3.05, 3.63) is 139 Å². The highest BCUT2D eigenvalue weighted by atomic mass is 15.0. The smallest absolute Gasteiger partial charge is 0.164 e. The lowest BCUT2D eigenvalue weighted by molar-refractivity contribution is 0.473. The molecule has 0 N–H and O–H groups in total. The van der Waals surface area contributed by atoms with Crippen LogP contribution < -0.4 is 0 Å². The van der Waals surface area contributed by atoms with Gasteiger partial charge in [0.2, 0.25) is 0 Å². The standard InChI is InChI=1S/C45H47N3/c1-7-30-44(3,4)39-26-22-34(23-27-39)32-14-18-37(19-15-32)42-46-41(36-12-10-9-11-13-36)47-43(48-42)38-20-16-33(17-21-38)35-24-28-40(29-25-35)45(5,6)31-8-2/h9-29H,7-8,30-31H2,1-6H3. The monoisotopic (exact) mass is 629 g/mol. The Bertz CT molecular complexity index is 1810. The van der Waals surface area contributed by atoms with Gasteiger partial charge in [0.05, 0.1) is 0 Å². The van der Waals surface area contributed by atoms with Crippen molar-refractivity contribution in [2.24, 2.45) is 0 Å². The lowest BCUT2D eigenvalue weighted by Crippen LogP contribution is -2.16. The molecule has 3 nitrogen and oxygen atoms in total. The number of rotatable bonds is 11. The molecule has 0 bridgehead atoms. The predicted molar refractivity (Wildman–Crippen MR) is 203 cm³/mol. The van der Waals surface area contributed by atoms with Crippen molar-refractivity contribution < 1.29 is 0 Å². The van der Waals surface area contributed by atoms with Crippen LogP contribution in [-0.4, -0.2) is 15.0 Å². The van der Waals surface area contributed by atoms with Gasteiger partial charge in [0.15, 0.2) is 17.5 Å². The Morgan fingerprint density at radius 3 is 0.938 bits per heavy atom. The van der Waals surface area contributed by atoms with Crippen molar-refractivity contribution in [2.45, 2.75) is 78.1 Å². The average Bonchev–Trinajstić information content (AvgIpc) is 3.12. The van der Waals surface area contributed by atoms with E-state index < -0.39 is 0 Å². The van der Waals surface area contributed by atoms with Gasteiger partial charge in [-0.25, -0.2) is 15.0 Å². The summed E-state index contributed by atoms with van der Waals surface area (Å²) < 4.78 is 0. The lowest BCUT2D eigenvalue weighted by atomic mass is 9.80. The highest BCUT2D eigenvalue weighted by Gasteiger charge is 2.20. The Hall–Kier alpha value is -4.89. The molecular formula is C45H47N3. The molecule has 3 heteroatoms. The Morgan fingerprint density at radius 2 is 0.625 bits per heavy atom. The van der Waals surface area contributed by atoms with Crippen molar-refractivity contribution in [3.63, 3.8) is 0 Å². The fourth-order valence-electron chi connectivity index (χ4n) is 6.74. The Morgan fingerprint density at radius 1 is 0.354 bits per heavy atom.